The largest absolute Gasteiger partial charge is 0.392 e. The van der Waals surface area contributed by atoms with Crippen LogP contribution in [0.15, 0.2) is 11.6 Å². The van der Waals surface area contributed by atoms with Gasteiger partial charge in [-0.2, -0.15) is 0 Å². The number of anilines is 1. The number of amides is 1. The molecule has 6 heteroatoms. The fourth-order valence-electron chi connectivity index (χ4n) is 2.76. The number of carbonyl (C=O) groups is 1. The molecule has 0 bridgehead atoms. The maximum Gasteiger partial charge on any atom is 0.240 e. The van der Waals surface area contributed by atoms with Crippen molar-refractivity contribution < 1.29 is 9.90 Å². The molecule has 1 amide bonds. The fourth-order valence-corrected chi connectivity index (χ4v) is 3.30. The van der Waals surface area contributed by atoms with E-state index in [9.17, 15) is 9.90 Å². The second-order valence-electron chi connectivity index (χ2n) is 5.46. The third kappa shape index (κ3) is 4.85. The van der Waals surface area contributed by atoms with Gasteiger partial charge in [-0.15, -0.1) is 11.3 Å². The predicted molar refractivity (Wildman–Crippen MR) is 80.9 cm³/mol. The molecule has 112 valence electrons. The highest BCUT2D eigenvalue weighted by Crippen LogP contribution is 2.23. The molecule has 1 heterocycles. The van der Waals surface area contributed by atoms with Crippen LogP contribution in [0.5, 0.6) is 0 Å². The van der Waals surface area contributed by atoms with E-state index in [-0.39, 0.29) is 5.91 Å². The maximum atomic E-state index is 12.1. The average Bonchev–Trinajstić information content (AvgIpc) is 2.91. The quantitative estimate of drug-likeness (QED) is 0.844. The van der Waals surface area contributed by atoms with E-state index >= 15 is 0 Å². The molecule has 2 rings (SSSR count). The van der Waals surface area contributed by atoms with Gasteiger partial charge in [0.25, 0.3) is 0 Å². The number of rotatable bonds is 6. The Morgan fingerprint density at radius 2 is 2.30 bits per heavy atom. The highest BCUT2D eigenvalue weighted by atomic mass is 32.1. The Kier molecular flexibility index (Phi) is 5.94. The molecule has 1 unspecified atom stereocenters. The van der Waals surface area contributed by atoms with Gasteiger partial charge in [0.05, 0.1) is 12.6 Å². The van der Waals surface area contributed by atoms with Crippen molar-refractivity contribution in [2.45, 2.75) is 51.2 Å². The number of aromatic nitrogens is 1. The standard InChI is InChI=1S/C14H23N3O2S/c1-11(18)9-17(12-5-3-2-4-6-12)10-13(19)16-14-15-7-8-20-14/h7-8,11-12,18H,2-6,9-10H2,1H3,(H,15,16,19). The Bertz CT molecular complexity index is 403. The van der Waals surface area contributed by atoms with Crippen LogP contribution in [0, 0.1) is 0 Å². The summed E-state index contributed by atoms with van der Waals surface area (Å²) in [6, 6.07) is 0.417. The third-order valence-electron chi connectivity index (χ3n) is 3.62. The van der Waals surface area contributed by atoms with Crippen LogP contribution in [0.4, 0.5) is 5.13 Å². The van der Waals surface area contributed by atoms with Crippen LogP contribution < -0.4 is 5.32 Å². The lowest BCUT2D eigenvalue weighted by molar-refractivity contribution is -0.118. The van der Waals surface area contributed by atoms with E-state index in [2.05, 4.69) is 15.2 Å². The van der Waals surface area contributed by atoms with E-state index in [1.165, 1.54) is 30.6 Å². The molecule has 2 N–H and O–H groups in total. The van der Waals surface area contributed by atoms with Crippen molar-refractivity contribution in [1.82, 2.24) is 9.88 Å². The minimum Gasteiger partial charge on any atom is -0.392 e. The topological polar surface area (TPSA) is 65.5 Å². The van der Waals surface area contributed by atoms with Gasteiger partial charge in [-0.1, -0.05) is 19.3 Å². The molecule has 20 heavy (non-hydrogen) atoms. The summed E-state index contributed by atoms with van der Waals surface area (Å²) in [5.74, 6) is -0.0498. The van der Waals surface area contributed by atoms with Crippen molar-refractivity contribution >= 4 is 22.4 Å². The lowest BCUT2D eigenvalue weighted by Crippen LogP contribution is -2.45. The Labute approximate surface area is 124 Å². The third-order valence-corrected chi connectivity index (χ3v) is 4.30. The van der Waals surface area contributed by atoms with Crippen molar-refractivity contribution in [3.05, 3.63) is 11.6 Å². The first-order valence-electron chi connectivity index (χ1n) is 7.26. The van der Waals surface area contributed by atoms with Gasteiger partial charge in [0.1, 0.15) is 0 Å². The summed E-state index contributed by atoms with van der Waals surface area (Å²) in [5, 5.41) is 14.9. The van der Waals surface area contributed by atoms with E-state index in [1.54, 1.807) is 13.1 Å². The molecule has 1 aliphatic rings. The zero-order chi connectivity index (χ0) is 14.4. The first kappa shape index (κ1) is 15.4. The van der Waals surface area contributed by atoms with Gasteiger partial charge in [0.15, 0.2) is 5.13 Å². The number of aliphatic hydroxyl groups excluding tert-OH is 1. The van der Waals surface area contributed by atoms with Crippen LogP contribution in [0.3, 0.4) is 0 Å². The average molecular weight is 297 g/mol. The Morgan fingerprint density at radius 1 is 1.55 bits per heavy atom. The van der Waals surface area contributed by atoms with E-state index in [4.69, 9.17) is 0 Å². The van der Waals surface area contributed by atoms with Crippen LogP contribution in [-0.4, -0.2) is 46.1 Å². The molecular formula is C14H23N3O2S. The second kappa shape index (κ2) is 7.71. The van der Waals surface area contributed by atoms with Crippen LogP contribution in [0.2, 0.25) is 0 Å². The highest BCUT2D eigenvalue weighted by Gasteiger charge is 2.24. The van der Waals surface area contributed by atoms with Gasteiger partial charge < -0.3 is 10.4 Å². The van der Waals surface area contributed by atoms with E-state index in [0.717, 1.165) is 12.8 Å². The van der Waals surface area contributed by atoms with E-state index < -0.39 is 6.10 Å². The Morgan fingerprint density at radius 3 is 2.90 bits per heavy atom. The summed E-state index contributed by atoms with van der Waals surface area (Å²) < 4.78 is 0. The molecule has 1 saturated carbocycles. The number of nitrogens with one attached hydrogen (secondary N) is 1. The number of nitrogens with zero attached hydrogens (tertiary/aromatic N) is 2. The predicted octanol–water partition coefficient (Wildman–Crippen LogP) is 2.10. The Balaban J connectivity index is 1.90. The molecule has 0 radical (unpaired) electrons. The molecule has 1 aliphatic carbocycles. The lowest BCUT2D eigenvalue weighted by atomic mass is 9.94. The van der Waals surface area contributed by atoms with Crippen molar-refractivity contribution in [1.29, 1.82) is 0 Å². The normalized spacial score (nSPS) is 18.1. The summed E-state index contributed by atoms with van der Waals surface area (Å²) in [6.07, 6.45) is 7.22. The number of thiazole rings is 1. The van der Waals surface area contributed by atoms with Crippen LogP contribution >= 0.6 is 11.3 Å². The molecule has 0 saturated heterocycles. The first-order chi connectivity index (χ1) is 9.65. The zero-order valence-corrected chi connectivity index (χ0v) is 12.7. The minimum absolute atomic E-state index is 0.0498. The smallest absolute Gasteiger partial charge is 0.240 e. The van der Waals surface area contributed by atoms with Crippen LogP contribution in [0.1, 0.15) is 39.0 Å². The minimum atomic E-state index is -0.412. The monoisotopic (exact) mass is 297 g/mol. The molecule has 0 aromatic carbocycles. The number of carbonyl (C=O) groups excluding carboxylic acids is 1. The van der Waals surface area contributed by atoms with Crippen LogP contribution in [-0.2, 0) is 4.79 Å². The SMILES string of the molecule is CC(O)CN(CC(=O)Nc1nccs1)C1CCCCC1. The van der Waals surface area contributed by atoms with Crippen LogP contribution in [0.25, 0.3) is 0 Å². The molecule has 5 nitrogen and oxygen atoms in total. The summed E-state index contributed by atoms with van der Waals surface area (Å²) in [5.41, 5.74) is 0. The van der Waals surface area contributed by atoms with Crippen molar-refractivity contribution in [2.75, 3.05) is 18.4 Å². The maximum absolute atomic E-state index is 12.1. The highest BCUT2D eigenvalue weighted by molar-refractivity contribution is 7.13. The van der Waals surface area contributed by atoms with Crippen molar-refractivity contribution in [3.63, 3.8) is 0 Å². The number of hydrogen-bond donors (Lipinski definition) is 2. The van der Waals surface area contributed by atoms with Crippen molar-refractivity contribution in [2.24, 2.45) is 0 Å². The van der Waals surface area contributed by atoms with Gasteiger partial charge >= 0.3 is 0 Å². The fraction of sp³-hybridized carbons (Fsp3) is 0.714. The Hall–Kier alpha value is -0.980. The molecule has 0 aliphatic heterocycles. The van der Waals surface area contributed by atoms with Gasteiger partial charge in [-0.25, -0.2) is 4.98 Å². The zero-order valence-electron chi connectivity index (χ0n) is 11.9. The van der Waals surface area contributed by atoms with Gasteiger partial charge in [0.2, 0.25) is 5.91 Å². The summed E-state index contributed by atoms with van der Waals surface area (Å²) in [4.78, 5) is 18.3. The lowest BCUT2D eigenvalue weighted by Gasteiger charge is -2.34. The second-order valence-corrected chi connectivity index (χ2v) is 6.35. The number of aliphatic hydroxyl groups is 1. The van der Waals surface area contributed by atoms with Gasteiger partial charge in [-0.3, -0.25) is 9.69 Å². The van der Waals surface area contributed by atoms with E-state index in [0.29, 0.717) is 24.3 Å². The van der Waals surface area contributed by atoms with E-state index in [1.807, 2.05) is 5.38 Å². The molecule has 1 fully saturated rings. The molecule has 1 aromatic heterocycles. The number of hydrogen-bond acceptors (Lipinski definition) is 5. The molecular weight excluding hydrogens is 274 g/mol. The van der Waals surface area contributed by atoms with Crippen molar-refractivity contribution in [3.8, 4) is 0 Å². The first-order valence-corrected chi connectivity index (χ1v) is 8.14. The summed E-state index contributed by atoms with van der Waals surface area (Å²) in [6.45, 7) is 2.65. The van der Waals surface area contributed by atoms with Gasteiger partial charge in [-0.05, 0) is 19.8 Å². The summed E-state index contributed by atoms with van der Waals surface area (Å²) >= 11 is 1.42. The van der Waals surface area contributed by atoms with Gasteiger partial charge in [0, 0.05) is 24.2 Å². The molecule has 0 spiro atoms. The molecule has 1 atom stereocenters. The molecule has 1 aromatic rings. The summed E-state index contributed by atoms with van der Waals surface area (Å²) in [7, 11) is 0.